The standard InChI is InChI=1S/C23H29N5O2.HI/c1-4-25-23(27-20-10-11-21(30-5-2)22(14-20)29-3)26-15-18-6-8-19(9-7-18)16-28-13-12-24-17-28;/h6-14,17H,4-5,15-16H2,1-3H3,(H2,25,26,27);1H. The number of rotatable bonds is 9. The molecule has 3 aromatic rings. The van der Waals surface area contributed by atoms with E-state index >= 15 is 0 Å². The molecular weight excluding hydrogens is 505 g/mol. The molecule has 1 heterocycles. The average molecular weight is 535 g/mol. The highest BCUT2D eigenvalue weighted by atomic mass is 127. The second-order valence-corrected chi connectivity index (χ2v) is 6.67. The van der Waals surface area contributed by atoms with Crippen LogP contribution in [-0.2, 0) is 13.1 Å². The molecule has 3 rings (SSSR count). The van der Waals surface area contributed by atoms with Gasteiger partial charge in [-0.2, -0.15) is 0 Å². The van der Waals surface area contributed by atoms with E-state index in [1.807, 2.05) is 49.1 Å². The number of halogens is 1. The van der Waals surface area contributed by atoms with Crippen molar-refractivity contribution in [2.45, 2.75) is 26.9 Å². The van der Waals surface area contributed by atoms with Crippen molar-refractivity contribution < 1.29 is 9.47 Å². The minimum Gasteiger partial charge on any atom is -0.493 e. The Morgan fingerprint density at radius 1 is 1.06 bits per heavy atom. The van der Waals surface area contributed by atoms with Gasteiger partial charge in [0.05, 0.1) is 26.6 Å². The van der Waals surface area contributed by atoms with Crippen LogP contribution >= 0.6 is 24.0 Å². The monoisotopic (exact) mass is 535 g/mol. The maximum Gasteiger partial charge on any atom is 0.196 e. The summed E-state index contributed by atoms with van der Waals surface area (Å²) in [5.41, 5.74) is 3.25. The van der Waals surface area contributed by atoms with E-state index in [9.17, 15) is 0 Å². The van der Waals surface area contributed by atoms with Crippen molar-refractivity contribution in [2.24, 2.45) is 4.99 Å². The van der Waals surface area contributed by atoms with E-state index in [0.717, 1.165) is 30.1 Å². The molecule has 0 radical (unpaired) electrons. The largest absolute Gasteiger partial charge is 0.493 e. The van der Waals surface area contributed by atoms with E-state index in [1.165, 1.54) is 5.56 Å². The summed E-state index contributed by atoms with van der Waals surface area (Å²) in [6, 6.07) is 14.2. The number of aliphatic imine (C=N–C) groups is 1. The number of hydrogen-bond donors (Lipinski definition) is 2. The number of guanidine groups is 1. The van der Waals surface area contributed by atoms with Crippen molar-refractivity contribution in [3.05, 3.63) is 72.3 Å². The highest BCUT2D eigenvalue weighted by molar-refractivity contribution is 14.0. The Hall–Kier alpha value is -2.75. The van der Waals surface area contributed by atoms with Crippen LogP contribution < -0.4 is 20.1 Å². The molecule has 0 spiro atoms. The molecule has 0 atom stereocenters. The van der Waals surface area contributed by atoms with Gasteiger partial charge in [0, 0.05) is 37.2 Å². The fourth-order valence-corrected chi connectivity index (χ4v) is 2.98. The lowest BCUT2D eigenvalue weighted by atomic mass is 10.1. The van der Waals surface area contributed by atoms with E-state index in [-0.39, 0.29) is 24.0 Å². The molecule has 0 bridgehead atoms. The highest BCUT2D eigenvalue weighted by Gasteiger charge is 2.07. The molecular formula is C23H30IN5O2. The second-order valence-electron chi connectivity index (χ2n) is 6.67. The number of methoxy groups -OCH3 is 1. The molecule has 1 aromatic heterocycles. The lowest BCUT2D eigenvalue weighted by Gasteiger charge is -2.14. The predicted octanol–water partition coefficient (Wildman–Crippen LogP) is 4.53. The van der Waals surface area contributed by atoms with Crippen LogP contribution in [-0.4, -0.2) is 35.8 Å². The zero-order valence-electron chi connectivity index (χ0n) is 18.2. The summed E-state index contributed by atoms with van der Waals surface area (Å²) < 4.78 is 13.1. The van der Waals surface area contributed by atoms with Crippen LogP contribution in [0.3, 0.4) is 0 Å². The summed E-state index contributed by atoms with van der Waals surface area (Å²) in [5.74, 6) is 2.13. The molecule has 0 saturated heterocycles. The van der Waals surface area contributed by atoms with Gasteiger partial charge in [0.2, 0.25) is 0 Å². The van der Waals surface area contributed by atoms with Crippen molar-refractivity contribution in [2.75, 3.05) is 25.6 Å². The summed E-state index contributed by atoms with van der Waals surface area (Å²) in [6.45, 7) is 6.74. The zero-order chi connectivity index (χ0) is 21.2. The SMILES string of the molecule is CCNC(=NCc1ccc(Cn2ccnc2)cc1)Nc1ccc(OCC)c(OC)c1.I. The molecule has 2 aromatic carbocycles. The Morgan fingerprint density at radius 3 is 2.48 bits per heavy atom. The topological polar surface area (TPSA) is 72.7 Å². The summed E-state index contributed by atoms with van der Waals surface area (Å²) in [6.07, 6.45) is 5.57. The minimum atomic E-state index is 0. The normalized spacial score (nSPS) is 10.9. The lowest BCUT2D eigenvalue weighted by Crippen LogP contribution is -2.30. The van der Waals surface area contributed by atoms with Crippen molar-refractivity contribution in [3.63, 3.8) is 0 Å². The first-order valence-electron chi connectivity index (χ1n) is 10.1. The number of aromatic nitrogens is 2. The van der Waals surface area contributed by atoms with Crippen molar-refractivity contribution in [1.82, 2.24) is 14.9 Å². The van der Waals surface area contributed by atoms with Crippen LogP contribution in [0.15, 0.2) is 66.2 Å². The number of anilines is 1. The van der Waals surface area contributed by atoms with E-state index in [1.54, 1.807) is 13.3 Å². The number of imidazole rings is 1. The Bertz CT molecular complexity index is 943. The Balaban J connectivity index is 0.00000341. The Morgan fingerprint density at radius 2 is 1.84 bits per heavy atom. The molecule has 0 aliphatic rings. The van der Waals surface area contributed by atoms with Gasteiger partial charge in [0.1, 0.15) is 0 Å². The average Bonchev–Trinajstić information content (AvgIpc) is 3.27. The third-order valence-electron chi connectivity index (χ3n) is 4.44. The number of benzene rings is 2. The van der Waals surface area contributed by atoms with Gasteiger partial charge in [-0.05, 0) is 37.1 Å². The van der Waals surface area contributed by atoms with E-state index in [0.29, 0.717) is 24.9 Å². The van der Waals surface area contributed by atoms with Gasteiger partial charge in [-0.1, -0.05) is 24.3 Å². The summed E-state index contributed by atoms with van der Waals surface area (Å²) >= 11 is 0. The third kappa shape index (κ3) is 7.46. The molecule has 0 amide bonds. The van der Waals surface area contributed by atoms with Gasteiger partial charge in [0.15, 0.2) is 17.5 Å². The number of hydrogen-bond acceptors (Lipinski definition) is 4. The van der Waals surface area contributed by atoms with E-state index in [2.05, 4.69) is 39.9 Å². The van der Waals surface area contributed by atoms with Gasteiger partial charge in [0.25, 0.3) is 0 Å². The van der Waals surface area contributed by atoms with Crippen molar-refractivity contribution in [3.8, 4) is 11.5 Å². The molecule has 0 unspecified atom stereocenters. The van der Waals surface area contributed by atoms with Crippen molar-refractivity contribution in [1.29, 1.82) is 0 Å². The van der Waals surface area contributed by atoms with E-state index in [4.69, 9.17) is 14.5 Å². The Kier molecular flexibility index (Phi) is 10.2. The number of ether oxygens (including phenoxy) is 2. The van der Waals surface area contributed by atoms with Gasteiger partial charge in [-0.25, -0.2) is 9.98 Å². The first-order valence-corrected chi connectivity index (χ1v) is 10.1. The molecule has 0 aliphatic carbocycles. The predicted molar refractivity (Wildman–Crippen MR) is 136 cm³/mol. The van der Waals surface area contributed by atoms with Crippen LogP contribution in [0.4, 0.5) is 5.69 Å². The molecule has 0 aliphatic heterocycles. The van der Waals surface area contributed by atoms with Gasteiger partial charge >= 0.3 is 0 Å². The summed E-state index contributed by atoms with van der Waals surface area (Å²) in [7, 11) is 1.64. The number of nitrogens with one attached hydrogen (secondary N) is 2. The first kappa shape index (κ1) is 24.5. The lowest BCUT2D eigenvalue weighted by molar-refractivity contribution is 0.311. The van der Waals surface area contributed by atoms with Crippen LogP contribution in [0, 0.1) is 0 Å². The fourth-order valence-electron chi connectivity index (χ4n) is 2.98. The number of nitrogens with zero attached hydrogens (tertiary/aromatic N) is 3. The minimum absolute atomic E-state index is 0. The fraction of sp³-hybridized carbons (Fsp3) is 0.304. The van der Waals surface area contributed by atoms with E-state index < -0.39 is 0 Å². The molecule has 166 valence electrons. The molecule has 7 nitrogen and oxygen atoms in total. The zero-order valence-corrected chi connectivity index (χ0v) is 20.5. The molecule has 0 fully saturated rings. The van der Waals surface area contributed by atoms with Gasteiger partial charge < -0.3 is 24.7 Å². The van der Waals surface area contributed by atoms with Gasteiger partial charge in [-0.15, -0.1) is 24.0 Å². The molecule has 8 heteroatoms. The smallest absolute Gasteiger partial charge is 0.196 e. The van der Waals surface area contributed by atoms with Crippen molar-refractivity contribution >= 4 is 35.6 Å². The maximum absolute atomic E-state index is 5.58. The molecule has 2 N–H and O–H groups in total. The summed E-state index contributed by atoms with van der Waals surface area (Å²) in [5, 5.41) is 6.60. The quantitative estimate of drug-likeness (QED) is 0.239. The third-order valence-corrected chi connectivity index (χ3v) is 4.44. The Labute approximate surface area is 200 Å². The first-order chi connectivity index (χ1) is 14.7. The highest BCUT2D eigenvalue weighted by Crippen LogP contribution is 2.30. The molecule has 0 saturated carbocycles. The molecule has 31 heavy (non-hydrogen) atoms. The van der Waals surface area contributed by atoms with Crippen LogP contribution in [0.5, 0.6) is 11.5 Å². The van der Waals surface area contributed by atoms with Crippen LogP contribution in [0.25, 0.3) is 0 Å². The van der Waals surface area contributed by atoms with Crippen LogP contribution in [0.1, 0.15) is 25.0 Å². The van der Waals surface area contributed by atoms with Gasteiger partial charge in [-0.3, -0.25) is 0 Å². The second kappa shape index (κ2) is 12.8. The maximum atomic E-state index is 5.58. The van der Waals surface area contributed by atoms with Crippen LogP contribution in [0.2, 0.25) is 0 Å². The summed E-state index contributed by atoms with van der Waals surface area (Å²) in [4.78, 5) is 8.78.